The number of nitrogens with zero attached hydrogens (tertiary/aromatic N) is 1. The van der Waals surface area contributed by atoms with Crippen LogP contribution in [0.25, 0.3) is 0 Å². The molecule has 0 unspecified atom stereocenters. The van der Waals surface area contributed by atoms with Gasteiger partial charge in [0.05, 0.1) is 6.04 Å². The minimum Gasteiger partial charge on any atom is -0.283 e. The minimum absolute atomic E-state index is 0.209. The fourth-order valence-corrected chi connectivity index (χ4v) is 0.860. The number of hydrogen-bond acceptors (Lipinski definition) is 1. The highest BCUT2D eigenvalue weighted by molar-refractivity contribution is 5.92. The van der Waals surface area contributed by atoms with E-state index in [9.17, 15) is 0 Å². The monoisotopic (exact) mass is 163 g/mol. The van der Waals surface area contributed by atoms with E-state index in [2.05, 4.69) is 24.2 Å². The topological polar surface area (TPSA) is 12.4 Å². The zero-order valence-electron chi connectivity index (χ0n) is 8.17. The van der Waals surface area contributed by atoms with Gasteiger partial charge in [0.25, 0.3) is 0 Å². The van der Waals surface area contributed by atoms with Gasteiger partial charge in [-0.1, -0.05) is 30.9 Å². The second-order valence-corrected chi connectivity index (χ2v) is 2.83. The van der Waals surface area contributed by atoms with Crippen LogP contribution in [-0.4, -0.2) is 11.8 Å². The van der Waals surface area contributed by atoms with Crippen LogP contribution in [0.3, 0.4) is 0 Å². The average molecular weight is 163 g/mol. The Morgan fingerprint density at radius 3 is 2.25 bits per heavy atom. The molecule has 0 saturated carbocycles. The van der Waals surface area contributed by atoms with E-state index in [1.807, 2.05) is 26.8 Å². The molecule has 0 aliphatic heterocycles. The Kier molecular flexibility index (Phi) is 5.02. The van der Waals surface area contributed by atoms with E-state index < -0.39 is 0 Å². The third kappa shape index (κ3) is 4.67. The van der Waals surface area contributed by atoms with E-state index >= 15 is 0 Å². The second kappa shape index (κ2) is 5.53. The van der Waals surface area contributed by atoms with Crippen LogP contribution >= 0.6 is 0 Å². The Hall–Kier alpha value is -1.11. The van der Waals surface area contributed by atoms with Gasteiger partial charge in [-0.3, -0.25) is 4.99 Å². The van der Waals surface area contributed by atoms with Gasteiger partial charge in [-0.15, -0.1) is 0 Å². The van der Waals surface area contributed by atoms with Gasteiger partial charge in [0.15, 0.2) is 0 Å². The summed E-state index contributed by atoms with van der Waals surface area (Å²) >= 11 is 0. The molecule has 0 aromatic rings. The van der Waals surface area contributed by atoms with Crippen molar-refractivity contribution in [3.05, 3.63) is 37.0 Å². The van der Waals surface area contributed by atoms with E-state index in [1.54, 1.807) is 6.08 Å². The van der Waals surface area contributed by atoms with Crippen molar-refractivity contribution in [2.24, 2.45) is 4.99 Å². The molecule has 1 atom stereocenters. The first-order chi connectivity index (χ1) is 5.60. The summed E-state index contributed by atoms with van der Waals surface area (Å²) in [6, 6.07) is 0.209. The van der Waals surface area contributed by atoms with Crippen LogP contribution in [0.4, 0.5) is 0 Å². The van der Waals surface area contributed by atoms with Gasteiger partial charge < -0.3 is 0 Å². The van der Waals surface area contributed by atoms with Crippen LogP contribution in [0.5, 0.6) is 0 Å². The summed E-state index contributed by atoms with van der Waals surface area (Å²) < 4.78 is 0. The Morgan fingerprint density at radius 2 is 1.83 bits per heavy atom. The number of allylic oxidation sites excluding steroid dienone is 3. The minimum atomic E-state index is 0.209. The van der Waals surface area contributed by atoms with Crippen LogP contribution < -0.4 is 0 Å². The molecule has 0 spiro atoms. The highest BCUT2D eigenvalue weighted by atomic mass is 14.8. The molecule has 0 heterocycles. The fourth-order valence-electron chi connectivity index (χ4n) is 0.860. The number of aliphatic imine (C=N–C) groups is 1. The van der Waals surface area contributed by atoms with Crippen molar-refractivity contribution in [2.75, 3.05) is 0 Å². The lowest BCUT2D eigenvalue weighted by atomic mass is 10.2. The summed E-state index contributed by atoms with van der Waals surface area (Å²) in [6.07, 6.45) is 5.66. The molecule has 0 radical (unpaired) electrons. The van der Waals surface area contributed by atoms with Crippen LogP contribution in [-0.2, 0) is 0 Å². The highest BCUT2D eigenvalue weighted by Crippen LogP contribution is 2.00. The largest absolute Gasteiger partial charge is 0.283 e. The summed E-state index contributed by atoms with van der Waals surface area (Å²) in [4.78, 5) is 4.36. The first kappa shape index (κ1) is 10.9. The molecule has 0 aliphatic carbocycles. The van der Waals surface area contributed by atoms with Crippen molar-refractivity contribution >= 4 is 5.71 Å². The van der Waals surface area contributed by atoms with Crippen LogP contribution in [0, 0.1) is 0 Å². The maximum atomic E-state index is 4.36. The van der Waals surface area contributed by atoms with Gasteiger partial charge >= 0.3 is 0 Å². The molecule has 1 heteroatoms. The molecule has 0 saturated heterocycles. The van der Waals surface area contributed by atoms with Crippen molar-refractivity contribution in [2.45, 2.75) is 26.8 Å². The lowest BCUT2D eigenvalue weighted by Gasteiger charge is -2.01. The van der Waals surface area contributed by atoms with E-state index in [4.69, 9.17) is 0 Å². The van der Waals surface area contributed by atoms with Gasteiger partial charge in [-0.2, -0.15) is 0 Å². The molecule has 0 aliphatic rings. The lowest BCUT2D eigenvalue weighted by Crippen LogP contribution is -1.97. The van der Waals surface area contributed by atoms with Gasteiger partial charge in [-0.25, -0.2) is 0 Å². The molecule has 0 fully saturated rings. The lowest BCUT2D eigenvalue weighted by molar-refractivity contribution is 0.919. The third-order valence-corrected chi connectivity index (χ3v) is 1.53. The maximum Gasteiger partial charge on any atom is 0.0660 e. The molecule has 1 nitrogen and oxygen atoms in total. The second-order valence-electron chi connectivity index (χ2n) is 2.83. The van der Waals surface area contributed by atoms with Gasteiger partial charge in [0.2, 0.25) is 0 Å². The molecule has 0 amide bonds. The van der Waals surface area contributed by atoms with Crippen LogP contribution in [0.15, 0.2) is 42.0 Å². The quantitative estimate of drug-likeness (QED) is 0.446. The average Bonchev–Trinajstić information content (AvgIpc) is 2.03. The number of hydrogen-bond donors (Lipinski definition) is 0. The van der Waals surface area contributed by atoms with Crippen molar-refractivity contribution in [3.8, 4) is 0 Å². The molecular weight excluding hydrogens is 146 g/mol. The third-order valence-electron chi connectivity index (χ3n) is 1.53. The zero-order chi connectivity index (χ0) is 9.56. The summed E-state index contributed by atoms with van der Waals surface area (Å²) in [5.74, 6) is 0. The van der Waals surface area contributed by atoms with Gasteiger partial charge in [-0.05, 0) is 26.8 Å². The summed E-state index contributed by atoms with van der Waals surface area (Å²) in [7, 11) is 0. The van der Waals surface area contributed by atoms with Crippen LogP contribution in [0.2, 0.25) is 0 Å². The van der Waals surface area contributed by atoms with Gasteiger partial charge in [0, 0.05) is 5.71 Å². The summed E-state index contributed by atoms with van der Waals surface area (Å²) in [5.41, 5.74) is 2.12. The molecule has 0 bridgehead atoms. The maximum absolute atomic E-state index is 4.36. The first-order valence-corrected chi connectivity index (χ1v) is 4.08. The van der Waals surface area contributed by atoms with Crippen molar-refractivity contribution < 1.29 is 0 Å². The molecule has 0 rings (SSSR count). The van der Waals surface area contributed by atoms with E-state index in [0.717, 1.165) is 11.3 Å². The Bertz CT molecular complexity index is 197. The SMILES string of the molecule is C=CC(C)=N[C@H](C)/C=C(\C)C=C. The van der Waals surface area contributed by atoms with Crippen LogP contribution in [0.1, 0.15) is 20.8 Å². The molecular formula is C11H17N. The number of rotatable bonds is 4. The Balaban J connectivity index is 4.32. The summed E-state index contributed by atoms with van der Waals surface area (Å²) in [5, 5.41) is 0. The molecule has 0 aromatic heterocycles. The first-order valence-electron chi connectivity index (χ1n) is 4.08. The summed E-state index contributed by atoms with van der Waals surface area (Å²) in [6.45, 7) is 13.3. The molecule has 66 valence electrons. The van der Waals surface area contributed by atoms with Crippen molar-refractivity contribution in [3.63, 3.8) is 0 Å². The predicted octanol–water partition coefficient (Wildman–Crippen LogP) is 3.15. The highest BCUT2D eigenvalue weighted by Gasteiger charge is 1.93. The van der Waals surface area contributed by atoms with Crippen molar-refractivity contribution in [1.82, 2.24) is 0 Å². The van der Waals surface area contributed by atoms with Gasteiger partial charge in [0.1, 0.15) is 0 Å². The Morgan fingerprint density at radius 1 is 1.25 bits per heavy atom. The fraction of sp³-hybridized carbons (Fsp3) is 0.364. The zero-order valence-corrected chi connectivity index (χ0v) is 8.17. The van der Waals surface area contributed by atoms with E-state index in [0.29, 0.717) is 0 Å². The normalized spacial score (nSPS) is 15.6. The smallest absolute Gasteiger partial charge is 0.0660 e. The molecule has 0 N–H and O–H groups in total. The molecule has 0 aromatic carbocycles. The van der Waals surface area contributed by atoms with E-state index in [-0.39, 0.29) is 6.04 Å². The van der Waals surface area contributed by atoms with Crippen molar-refractivity contribution in [1.29, 1.82) is 0 Å². The Labute approximate surface area is 75.2 Å². The van der Waals surface area contributed by atoms with E-state index in [1.165, 1.54) is 0 Å². The molecule has 12 heavy (non-hydrogen) atoms. The standard InChI is InChI=1S/C11H17N/c1-6-9(3)8-11(5)12-10(4)7-2/h6-8,11H,1-2H2,3-5H3/b9-8+,12-10?/t11-/m1/s1. The predicted molar refractivity (Wildman–Crippen MR) is 56.7 cm³/mol.